The van der Waals surface area contributed by atoms with Gasteiger partial charge in [0.05, 0.1) is 11.6 Å². The number of nitrogens with zero attached hydrogens (tertiary/aromatic N) is 3. The van der Waals surface area contributed by atoms with Gasteiger partial charge < -0.3 is 9.64 Å². The second-order valence-corrected chi connectivity index (χ2v) is 7.24. The van der Waals surface area contributed by atoms with Crippen LogP contribution in [-0.4, -0.2) is 38.7 Å². The van der Waals surface area contributed by atoms with Crippen LogP contribution in [0.5, 0.6) is 0 Å². The maximum atomic E-state index is 12.1. The van der Waals surface area contributed by atoms with Crippen LogP contribution in [0.4, 0.5) is 0 Å². The minimum absolute atomic E-state index is 0.0300. The van der Waals surface area contributed by atoms with Gasteiger partial charge in [0, 0.05) is 18.2 Å². The summed E-state index contributed by atoms with van der Waals surface area (Å²) in [6.45, 7) is -0.199. The van der Waals surface area contributed by atoms with E-state index in [9.17, 15) is 13.2 Å². The molecule has 0 N–H and O–H groups in total. The molecule has 0 atom stereocenters. The first-order valence-electron chi connectivity index (χ1n) is 7.71. The number of esters is 1. The van der Waals surface area contributed by atoms with E-state index < -0.39 is 16.0 Å². The van der Waals surface area contributed by atoms with Crippen molar-refractivity contribution in [3.63, 3.8) is 0 Å². The standard InChI is InChI=1S/C18H15N3O4S/c1-21(18-15-8-4-5-9-16(15)26(23,24)20-18)11-17(22)25-12-14-7-3-2-6-13(14)10-19/h2-9H,11-12H2,1H3. The average Bonchev–Trinajstić information content (AvgIpc) is 2.92. The van der Waals surface area contributed by atoms with Gasteiger partial charge in [-0.2, -0.15) is 13.7 Å². The highest BCUT2D eigenvalue weighted by Crippen LogP contribution is 2.26. The number of fused-ring (bicyclic) bond motifs is 1. The van der Waals surface area contributed by atoms with E-state index in [4.69, 9.17) is 10.00 Å². The van der Waals surface area contributed by atoms with Crippen molar-refractivity contribution < 1.29 is 17.9 Å². The Kier molecular flexibility index (Phi) is 4.73. The van der Waals surface area contributed by atoms with Crippen molar-refractivity contribution in [1.82, 2.24) is 4.90 Å². The van der Waals surface area contributed by atoms with Crippen molar-refractivity contribution in [2.75, 3.05) is 13.6 Å². The third kappa shape index (κ3) is 3.43. The SMILES string of the molecule is CN(CC(=O)OCc1ccccc1C#N)C1=NS(=O)(=O)c2ccccc21. The molecule has 1 heterocycles. The predicted molar refractivity (Wildman–Crippen MR) is 93.7 cm³/mol. The number of likely N-dealkylation sites (N-methyl/N-ethyl adjacent to an activating group) is 1. The lowest BCUT2D eigenvalue weighted by molar-refractivity contribution is -0.145. The average molecular weight is 369 g/mol. The number of hydrogen-bond acceptors (Lipinski definition) is 6. The number of amidine groups is 1. The van der Waals surface area contributed by atoms with E-state index in [1.54, 1.807) is 49.5 Å². The molecule has 7 nitrogen and oxygen atoms in total. The third-order valence-corrected chi connectivity index (χ3v) is 5.19. The van der Waals surface area contributed by atoms with Crippen molar-refractivity contribution in [1.29, 1.82) is 5.26 Å². The Hall–Kier alpha value is -3.18. The van der Waals surface area contributed by atoms with Gasteiger partial charge in [-0.25, -0.2) is 0 Å². The van der Waals surface area contributed by atoms with Gasteiger partial charge in [0.1, 0.15) is 18.0 Å². The molecule has 8 heteroatoms. The molecule has 2 aromatic carbocycles. The smallest absolute Gasteiger partial charge is 0.325 e. The summed E-state index contributed by atoms with van der Waals surface area (Å²) in [4.78, 5) is 13.7. The zero-order valence-corrected chi connectivity index (χ0v) is 14.7. The summed E-state index contributed by atoms with van der Waals surface area (Å²) in [5, 5.41) is 9.04. The lowest BCUT2D eigenvalue weighted by atomic mass is 10.1. The van der Waals surface area contributed by atoms with Crippen molar-refractivity contribution in [2.45, 2.75) is 11.5 Å². The second-order valence-electron chi connectivity index (χ2n) is 5.67. The fourth-order valence-corrected chi connectivity index (χ4v) is 3.84. The Labute approximate surface area is 151 Å². The molecule has 3 rings (SSSR count). The lowest BCUT2D eigenvalue weighted by Crippen LogP contribution is -2.33. The number of hydrogen-bond donors (Lipinski definition) is 0. The van der Waals surface area contributed by atoms with Gasteiger partial charge in [0.2, 0.25) is 0 Å². The number of benzene rings is 2. The number of sulfonamides is 1. The molecule has 0 bridgehead atoms. The largest absolute Gasteiger partial charge is 0.459 e. The van der Waals surface area contributed by atoms with E-state index >= 15 is 0 Å². The molecule has 0 saturated heterocycles. The van der Waals surface area contributed by atoms with Crippen LogP contribution in [0.25, 0.3) is 0 Å². The van der Waals surface area contributed by atoms with Crippen LogP contribution in [-0.2, 0) is 26.2 Å². The van der Waals surface area contributed by atoms with Crippen molar-refractivity contribution >= 4 is 21.8 Å². The molecule has 1 aliphatic heterocycles. The van der Waals surface area contributed by atoms with E-state index in [0.29, 0.717) is 16.7 Å². The first kappa shape index (κ1) is 17.6. The zero-order chi connectivity index (χ0) is 18.7. The van der Waals surface area contributed by atoms with E-state index in [1.807, 2.05) is 6.07 Å². The lowest BCUT2D eigenvalue weighted by Gasteiger charge is -2.18. The van der Waals surface area contributed by atoms with Crippen molar-refractivity contribution in [3.05, 3.63) is 65.2 Å². The summed E-state index contributed by atoms with van der Waals surface area (Å²) in [6, 6.07) is 15.3. The van der Waals surface area contributed by atoms with Crippen LogP contribution in [0.1, 0.15) is 16.7 Å². The number of carbonyl (C=O) groups is 1. The molecule has 0 aromatic heterocycles. The molecule has 0 unspecified atom stereocenters. The van der Waals surface area contributed by atoms with Gasteiger partial charge >= 0.3 is 5.97 Å². The Bertz CT molecular complexity index is 1040. The van der Waals surface area contributed by atoms with Crippen molar-refractivity contribution in [2.24, 2.45) is 4.40 Å². The fraction of sp³-hybridized carbons (Fsp3) is 0.167. The molecule has 0 aliphatic carbocycles. The maximum absolute atomic E-state index is 12.1. The maximum Gasteiger partial charge on any atom is 0.325 e. The van der Waals surface area contributed by atoms with E-state index in [2.05, 4.69) is 4.40 Å². The molecule has 132 valence electrons. The predicted octanol–water partition coefficient (Wildman–Crippen LogP) is 1.68. The van der Waals surface area contributed by atoms with E-state index in [1.165, 1.54) is 11.0 Å². The first-order valence-corrected chi connectivity index (χ1v) is 9.15. The fourth-order valence-electron chi connectivity index (χ4n) is 2.59. The summed E-state index contributed by atoms with van der Waals surface area (Å²) in [5.41, 5.74) is 1.50. The number of ether oxygens (including phenoxy) is 1. The second kappa shape index (κ2) is 6.98. The Balaban J connectivity index is 1.68. The minimum atomic E-state index is -3.74. The normalized spacial score (nSPS) is 14.1. The van der Waals surface area contributed by atoms with E-state index in [0.717, 1.165) is 0 Å². The third-order valence-electron chi connectivity index (χ3n) is 3.87. The Morgan fingerprint density at radius 3 is 2.65 bits per heavy atom. The molecule has 0 spiro atoms. The van der Waals surface area contributed by atoms with Gasteiger partial charge in [-0.15, -0.1) is 4.40 Å². The summed E-state index contributed by atoms with van der Waals surface area (Å²) in [7, 11) is -2.17. The van der Waals surface area contributed by atoms with Crippen LogP contribution in [0.15, 0.2) is 57.8 Å². The Morgan fingerprint density at radius 2 is 1.88 bits per heavy atom. The van der Waals surface area contributed by atoms with E-state index in [-0.39, 0.29) is 23.9 Å². The molecule has 2 aromatic rings. The van der Waals surface area contributed by atoms with Crippen LogP contribution in [0.2, 0.25) is 0 Å². The van der Waals surface area contributed by atoms with Crippen LogP contribution in [0, 0.1) is 11.3 Å². The summed E-state index contributed by atoms with van der Waals surface area (Å²) >= 11 is 0. The molecule has 0 saturated carbocycles. The zero-order valence-electron chi connectivity index (χ0n) is 13.9. The molecule has 26 heavy (non-hydrogen) atoms. The van der Waals surface area contributed by atoms with Gasteiger partial charge in [-0.3, -0.25) is 4.79 Å². The minimum Gasteiger partial charge on any atom is -0.459 e. The van der Waals surface area contributed by atoms with Crippen LogP contribution < -0.4 is 0 Å². The monoisotopic (exact) mass is 369 g/mol. The number of rotatable bonds is 4. The summed E-state index contributed by atoms with van der Waals surface area (Å²) in [5.74, 6) is -0.348. The molecular formula is C18H15N3O4S. The summed E-state index contributed by atoms with van der Waals surface area (Å²) in [6.07, 6.45) is 0. The van der Waals surface area contributed by atoms with Crippen LogP contribution >= 0.6 is 0 Å². The first-order chi connectivity index (χ1) is 12.4. The molecule has 0 amide bonds. The van der Waals surface area contributed by atoms with Crippen LogP contribution in [0.3, 0.4) is 0 Å². The molecule has 0 radical (unpaired) electrons. The van der Waals surface area contributed by atoms with Crippen molar-refractivity contribution in [3.8, 4) is 6.07 Å². The van der Waals surface area contributed by atoms with Gasteiger partial charge in [-0.1, -0.05) is 30.3 Å². The molecule has 0 fully saturated rings. The molecule has 1 aliphatic rings. The van der Waals surface area contributed by atoms with Gasteiger partial charge in [0.15, 0.2) is 5.84 Å². The quantitative estimate of drug-likeness (QED) is 0.760. The highest BCUT2D eigenvalue weighted by molar-refractivity contribution is 7.90. The highest BCUT2D eigenvalue weighted by atomic mass is 32.2. The number of carbonyl (C=O) groups excluding carboxylic acids is 1. The molecular weight excluding hydrogens is 354 g/mol. The van der Waals surface area contributed by atoms with Gasteiger partial charge in [0.25, 0.3) is 10.0 Å². The Morgan fingerprint density at radius 1 is 1.19 bits per heavy atom. The summed E-state index contributed by atoms with van der Waals surface area (Å²) < 4.78 is 33.1. The highest BCUT2D eigenvalue weighted by Gasteiger charge is 2.31. The number of nitriles is 1. The topological polar surface area (TPSA) is 99.8 Å². The van der Waals surface area contributed by atoms with Gasteiger partial charge in [-0.05, 0) is 18.2 Å².